The first-order valence-electron chi connectivity index (χ1n) is 3.67. The van der Waals surface area contributed by atoms with E-state index in [1.807, 2.05) is 0 Å². The molecule has 0 radical (unpaired) electrons. The predicted molar refractivity (Wildman–Crippen MR) is 58.5 cm³/mol. The van der Waals surface area contributed by atoms with E-state index in [0.717, 1.165) is 0 Å². The van der Waals surface area contributed by atoms with E-state index in [0.29, 0.717) is 4.43 Å². The molecule has 5 heteroatoms. The number of halogens is 1. The van der Waals surface area contributed by atoms with E-state index in [1.165, 1.54) is 12.1 Å². The van der Waals surface area contributed by atoms with Crippen molar-refractivity contribution in [1.82, 2.24) is 0 Å². The predicted octanol–water partition coefficient (Wildman–Crippen LogP) is 1.83. The highest BCUT2D eigenvalue weighted by atomic mass is 127. The molecule has 0 amide bonds. The number of hydrogen-bond acceptors (Lipinski definition) is 3. The molecule has 0 N–H and O–H groups in total. The Labute approximate surface area is 91.4 Å². The van der Waals surface area contributed by atoms with Gasteiger partial charge in [-0.1, -0.05) is 40.8 Å². The van der Waals surface area contributed by atoms with Gasteiger partial charge < -0.3 is 0 Å². The van der Waals surface area contributed by atoms with Gasteiger partial charge in [-0.15, -0.1) is 0 Å². The van der Waals surface area contributed by atoms with Gasteiger partial charge in [0.1, 0.15) is 0 Å². The maximum atomic E-state index is 11.4. The molecule has 0 unspecified atom stereocenters. The monoisotopic (exact) mass is 312 g/mol. The highest BCUT2D eigenvalue weighted by Crippen LogP contribution is 2.10. The molecular weight excluding hydrogens is 303 g/mol. The largest absolute Gasteiger partial charge is 0.296 e. The number of hydrogen-bond donors (Lipinski definition) is 0. The van der Waals surface area contributed by atoms with Crippen molar-refractivity contribution in [3.8, 4) is 0 Å². The highest BCUT2D eigenvalue weighted by molar-refractivity contribution is 14.1. The topological polar surface area (TPSA) is 43.4 Å². The Morgan fingerprint density at radius 2 is 1.85 bits per heavy atom. The standard InChI is InChI=1S/C8H9IO3S/c9-6-7-12-13(10,11)8-4-2-1-3-5-8/h1-5H,6-7H2. The molecule has 0 aliphatic rings. The van der Waals surface area contributed by atoms with Crippen molar-refractivity contribution < 1.29 is 12.6 Å². The molecule has 3 nitrogen and oxygen atoms in total. The second kappa shape index (κ2) is 4.92. The summed E-state index contributed by atoms with van der Waals surface area (Å²) in [6, 6.07) is 8.13. The van der Waals surface area contributed by atoms with Gasteiger partial charge in [0.2, 0.25) is 0 Å². The van der Waals surface area contributed by atoms with Gasteiger partial charge in [0.15, 0.2) is 0 Å². The van der Waals surface area contributed by atoms with E-state index in [-0.39, 0.29) is 11.5 Å². The highest BCUT2D eigenvalue weighted by Gasteiger charge is 2.12. The number of rotatable bonds is 4. The average Bonchev–Trinajstić information content (AvgIpc) is 2.16. The second-order valence-corrected chi connectivity index (χ2v) is 4.97. The van der Waals surface area contributed by atoms with E-state index in [1.54, 1.807) is 18.2 Å². The molecule has 0 aliphatic carbocycles. The summed E-state index contributed by atoms with van der Waals surface area (Å²) < 4.78 is 28.1. The van der Waals surface area contributed by atoms with Crippen LogP contribution in [0.25, 0.3) is 0 Å². The molecule has 0 saturated heterocycles. The maximum Gasteiger partial charge on any atom is 0.296 e. The van der Waals surface area contributed by atoms with Crippen LogP contribution in [0.15, 0.2) is 35.2 Å². The molecule has 1 aromatic rings. The van der Waals surface area contributed by atoms with E-state index in [9.17, 15) is 8.42 Å². The molecule has 0 aromatic heterocycles. The smallest absolute Gasteiger partial charge is 0.266 e. The lowest BCUT2D eigenvalue weighted by Gasteiger charge is -2.02. The van der Waals surface area contributed by atoms with Gasteiger partial charge in [0.05, 0.1) is 11.5 Å². The van der Waals surface area contributed by atoms with Crippen molar-refractivity contribution in [2.24, 2.45) is 0 Å². The summed E-state index contributed by atoms with van der Waals surface area (Å²) in [5, 5.41) is 0. The lowest BCUT2D eigenvalue weighted by atomic mass is 10.4. The van der Waals surface area contributed by atoms with Crippen LogP contribution in [0, 0.1) is 0 Å². The van der Waals surface area contributed by atoms with Gasteiger partial charge in [-0.25, -0.2) is 0 Å². The fourth-order valence-corrected chi connectivity index (χ4v) is 2.24. The summed E-state index contributed by atoms with van der Waals surface area (Å²) in [7, 11) is -3.53. The third kappa shape index (κ3) is 3.24. The molecule has 0 aliphatic heterocycles. The zero-order chi connectivity index (χ0) is 9.73. The Morgan fingerprint density at radius 1 is 1.23 bits per heavy atom. The first kappa shape index (κ1) is 10.9. The third-order valence-electron chi connectivity index (χ3n) is 1.35. The summed E-state index contributed by atoms with van der Waals surface area (Å²) in [4.78, 5) is 0.208. The number of benzene rings is 1. The van der Waals surface area contributed by atoms with Gasteiger partial charge in [-0.05, 0) is 12.1 Å². The van der Waals surface area contributed by atoms with Crippen molar-refractivity contribution in [2.45, 2.75) is 4.90 Å². The van der Waals surface area contributed by atoms with Crippen LogP contribution in [0.4, 0.5) is 0 Å². The lowest BCUT2D eigenvalue weighted by Crippen LogP contribution is -2.07. The normalized spacial score (nSPS) is 11.5. The van der Waals surface area contributed by atoms with E-state index < -0.39 is 10.1 Å². The van der Waals surface area contributed by atoms with Crippen molar-refractivity contribution in [1.29, 1.82) is 0 Å². The summed E-state index contributed by atoms with van der Waals surface area (Å²) in [6.45, 7) is 0.220. The maximum absolute atomic E-state index is 11.4. The van der Waals surface area contributed by atoms with Crippen LogP contribution >= 0.6 is 22.6 Å². The number of alkyl halides is 1. The fourth-order valence-electron chi connectivity index (χ4n) is 0.796. The van der Waals surface area contributed by atoms with Crippen LogP contribution in [0.3, 0.4) is 0 Å². The second-order valence-electron chi connectivity index (χ2n) is 2.28. The molecule has 13 heavy (non-hydrogen) atoms. The van der Waals surface area contributed by atoms with E-state index >= 15 is 0 Å². The van der Waals surface area contributed by atoms with Crippen LogP contribution < -0.4 is 0 Å². The molecule has 0 heterocycles. The fraction of sp³-hybridized carbons (Fsp3) is 0.250. The lowest BCUT2D eigenvalue weighted by molar-refractivity contribution is 0.343. The Hall–Kier alpha value is -0.140. The Morgan fingerprint density at radius 3 is 2.38 bits per heavy atom. The molecule has 1 aromatic carbocycles. The van der Waals surface area contributed by atoms with Crippen molar-refractivity contribution >= 4 is 32.7 Å². The summed E-state index contributed by atoms with van der Waals surface area (Å²) in [5.41, 5.74) is 0. The molecular formula is C8H9IO3S. The van der Waals surface area contributed by atoms with E-state index in [2.05, 4.69) is 22.6 Å². The molecule has 0 fully saturated rings. The molecule has 0 bridgehead atoms. The van der Waals surface area contributed by atoms with Crippen molar-refractivity contribution in [2.75, 3.05) is 11.0 Å². The van der Waals surface area contributed by atoms with E-state index in [4.69, 9.17) is 4.18 Å². The quantitative estimate of drug-likeness (QED) is 0.484. The van der Waals surface area contributed by atoms with Crippen LogP contribution in [-0.2, 0) is 14.3 Å². The summed E-state index contributed by atoms with van der Waals surface area (Å²) in [5.74, 6) is 0. The third-order valence-corrected chi connectivity index (χ3v) is 3.11. The molecule has 0 spiro atoms. The Balaban J connectivity index is 2.83. The minimum absolute atomic E-state index is 0.208. The summed E-state index contributed by atoms with van der Waals surface area (Å²) >= 11 is 2.06. The van der Waals surface area contributed by atoms with Crippen LogP contribution in [0.2, 0.25) is 0 Å². The van der Waals surface area contributed by atoms with Crippen molar-refractivity contribution in [3.63, 3.8) is 0 Å². The summed E-state index contributed by atoms with van der Waals surface area (Å²) in [6.07, 6.45) is 0. The SMILES string of the molecule is O=S(=O)(OCCI)c1ccccc1. The molecule has 72 valence electrons. The van der Waals surface area contributed by atoms with Gasteiger partial charge in [0.25, 0.3) is 10.1 Å². The van der Waals surface area contributed by atoms with Gasteiger partial charge >= 0.3 is 0 Å². The molecule has 0 saturated carbocycles. The van der Waals surface area contributed by atoms with Gasteiger partial charge in [-0.2, -0.15) is 8.42 Å². The minimum Gasteiger partial charge on any atom is -0.266 e. The molecule has 0 atom stereocenters. The zero-order valence-electron chi connectivity index (χ0n) is 6.81. The van der Waals surface area contributed by atoms with Gasteiger partial charge in [0, 0.05) is 4.43 Å². The first-order valence-corrected chi connectivity index (χ1v) is 6.60. The Kier molecular flexibility index (Phi) is 4.14. The van der Waals surface area contributed by atoms with Crippen LogP contribution in [-0.4, -0.2) is 19.5 Å². The van der Waals surface area contributed by atoms with Crippen LogP contribution in [0.1, 0.15) is 0 Å². The Bertz CT molecular complexity index is 347. The minimum atomic E-state index is -3.53. The first-order chi connectivity index (χ1) is 6.17. The molecule has 1 rings (SSSR count). The van der Waals surface area contributed by atoms with Crippen molar-refractivity contribution in [3.05, 3.63) is 30.3 Å². The van der Waals surface area contributed by atoms with Crippen LogP contribution in [0.5, 0.6) is 0 Å². The average molecular weight is 312 g/mol. The zero-order valence-corrected chi connectivity index (χ0v) is 9.79. The van der Waals surface area contributed by atoms with Gasteiger partial charge in [-0.3, -0.25) is 4.18 Å².